The van der Waals surface area contributed by atoms with Crippen molar-refractivity contribution in [2.24, 2.45) is 0 Å². The molecule has 0 aromatic heterocycles. The number of nitrogens with one attached hydrogen (secondary N) is 2. The van der Waals surface area contributed by atoms with Crippen LogP contribution in [-0.2, 0) is 4.74 Å². The Bertz CT molecular complexity index is 822. The summed E-state index contributed by atoms with van der Waals surface area (Å²) < 4.78 is 5.48. The third-order valence-electron chi connectivity index (χ3n) is 4.47. The predicted octanol–water partition coefficient (Wildman–Crippen LogP) is 3.05. The van der Waals surface area contributed by atoms with Crippen LogP contribution in [0.3, 0.4) is 0 Å². The van der Waals surface area contributed by atoms with Gasteiger partial charge in [0.15, 0.2) is 5.78 Å². The van der Waals surface area contributed by atoms with Crippen LogP contribution in [0.2, 0.25) is 0 Å². The van der Waals surface area contributed by atoms with Crippen LogP contribution < -0.4 is 10.6 Å². The van der Waals surface area contributed by atoms with Gasteiger partial charge in [0.05, 0.1) is 6.10 Å². The van der Waals surface area contributed by atoms with Crippen LogP contribution >= 0.6 is 0 Å². The predicted molar refractivity (Wildman–Crippen MR) is 102 cm³/mol. The van der Waals surface area contributed by atoms with Crippen molar-refractivity contribution in [2.75, 3.05) is 18.5 Å². The molecule has 1 fully saturated rings. The Balaban J connectivity index is 1.56. The van der Waals surface area contributed by atoms with Crippen LogP contribution in [0.4, 0.5) is 5.69 Å². The van der Waals surface area contributed by atoms with Crippen LogP contribution in [0.1, 0.15) is 50.8 Å². The first kappa shape index (κ1) is 18.8. The highest BCUT2D eigenvalue weighted by Gasteiger charge is 2.17. The van der Waals surface area contributed by atoms with Gasteiger partial charge in [-0.15, -0.1) is 0 Å². The van der Waals surface area contributed by atoms with Crippen molar-refractivity contribution in [3.8, 4) is 0 Å². The first-order valence-corrected chi connectivity index (χ1v) is 8.95. The average molecular weight is 366 g/mol. The molecule has 0 aliphatic carbocycles. The summed E-state index contributed by atoms with van der Waals surface area (Å²) in [7, 11) is 0. The van der Waals surface area contributed by atoms with Gasteiger partial charge in [-0.2, -0.15) is 0 Å². The Labute approximate surface area is 157 Å². The summed E-state index contributed by atoms with van der Waals surface area (Å²) in [5.41, 5.74) is 2.13. The molecule has 27 heavy (non-hydrogen) atoms. The van der Waals surface area contributed by atoms with Crippen molar-refractivity contribution >= 4 is 23.3 Å². The highest BCUT2D eigenvalue weighted by atomic mass is 16.5. The Morgan fingerprint density at radius 2 is 1.52 bits per heavy atom. The van der Waals surface area contributed by atoms with Gasteiger partial charge < -0.3 is 15.4 Å². The SMILES string of the molecule is CC(=O)c1ccc(NC(=O)c2ccc(C(=O)NCC3CCCO3)cc2)cc1. The van der Waals surface area contributed by atoms with Gasteiger partial charge in [-0.05, 0) is 68.3 Å². The van der Waals surface area contributed by atoms with Crippen molar-refractivity contribution < 1.29 is 19.1 Å². The summed E-state index contributed by atoms with van der Waals surface area (Å²) in [6, 6.07) is 13.2. The number of anilines is 1. The van der Waals surface area contributed by atoms with Crippen molar-refractivity contribution in [3.05, 3.63) is 65.2 Å². The van der Waals surface area contributed by atoms with E-state index in [1.807, 2.05) is 0 Å². The van der Waals surface area contributed by atoms with Gasteiger partial charge in [-0.25, -0.2) is 0 Å². The molecular weight excluding hydrogens is 344 g/mol. The third kappa shape index (κ3) is 5.01. The maximum Gasteiger partial charge on any atom is 0.255 e. The van der Waals surface area contributed by atoms with Gasteiger partial charge in [0.2, 0.25) is 0 Å². The first-order chi connectivity index (χ1) is 13.0. The molecule has 6 heteroatoms. The standard InChI is InChI=1S/C21H22N2O4/c1-14(24)15-8-10-18(11-9-15)23-21(26)17-6-4-16(5-7-17)20(25)22-13-19-3-2-12-27-19/h4-11,19H,2-3,12-13H2,1H3,(H,22,25)(H,23,26). The number of Topliss-reactive ketones (excluding diaryl/α,β-unsaturated/α-hetero) is 1. The Kier molecular flexibility index (Phi) is 5.98. The number of benzene rings is 2. The molecule has 1 saturated heterocycles. The maximum atomic E-state index is 12.3. The van der Waals surface area contributed by atoms with Gasteiger partial charge in [-0.1, -0.05) is 0 Å². The molecule has 2 amide bonds. The summed E-state index contributed by atoms with van der Waals surface area (Å²) in [5.74, 6) is -0.490. The fraction of sp³-hybridized carbons (Fsp3) is 0.286. The first-order valence-electron chi connectivity index (χ1n) is 8.95. The average Bonchev–Trinajstić information content (AvgIpc) is 3.20. The van der Waals surface area contributed by atoms with Crippen molar-refractivity contribution in [1.29, 1.82) is 0 Å². The lowest BCUT2D eigenvalue weighted by molar-refractivity contribution is 0.0857. The quantitative estimate of drug-likeness (QED) is 0.770. The minimum atomic E-state index is -0.281. The summed E-state index contributed by atoms with van der Waals surface area (Å²) >= 11 is 0. The number of ether oxygens (including phenoxy) is 1. The second-order valence-corrected chi connectivity index (χ2v) is 6.51. The van der Waals surface area contributed by atoms with E-state index in [0.29, 0.717) is 28.9 Å². The highest BCUT2D eigenvalue weighted by Crippen LogP contribution is 2.13. The van der Waals surface area contributed by atoms with E-state index in [1.165, 1.54) is 6.92 Å². The van der Waals surface area contributed by atoms with Crippen molar-refractivity contribution in [2.45, 2.75) is 25.9 Å². The molecule has 6 nitrogen and oxygen atoms in total. The monoisotopic (exact) mass is 366 g/mol. The second-order valence-electron chi connectivity index (χ2n) is 6.51. The topological polar surface area (TPSA) is 84.5 Å². The second kappa shape index (κ2) is 8.60. The normalized spacial score (nSPS) is 16.0. The third-order valence-corrected chi connectivity index (χ3v) is 4.47. The molecule has 1 aliphatic rings. The Morgan fingerprint density at radius 3 is 2.07 bits per heavy atom. The molecule has 0 bridgehead atoms. The van der Waals surface area contributed by atoms with Crippen LogP contribution in [-0.4, -0.2) is 36.9 Å². The molecule has 0 saturated carbocycles. The number of hydrogen-bond acceptors (Lipinski definition) is 4. The number of carbonyl (C=O) groups excluding carboxylic acids is 3. The maximum absolute atomic E-state index is 12.3. The molecule has 1 aliphatic heterocycles. The zero-order valence-electron chi connectivity index (χ0n) is 15.2. The number of amides is 2. The largest absolute Gasteiger partial charge is 0.376 e. The Hall–Kier alpha value is -2.99. The number of ketones is 1. The Morgan fingerprint density at radius 1 is 0.926 bits per heavy atom. The minimum Gasteiger partial charge on any atom is -0.376 e. The van der Waals surface area contributed by atoms with Gasteiger partial charge >= 0.3 is 0 Å². The molecule has 2 N–H and O–H groups in total. The summed E-state index contributed by atoms with van der Waals surface area (Å²) in [5, 5.41) is 5.62. The van der Waals surface area contributed by atoms with Crippen LogP contribution in [0, 0.1) is 0 Å². The highest BCUT2D eigenvalue weighted by molar-refractivity contribution is 6.05. The number of rotatable bonds is 6. The van der Waals surface area contributed by atoms with E-state index < -0.39 is 0 Å². The van der Waals surface area contributed by atoms with Gasteiger partial charge in [0.1, 0.15) is 0 Å². The van der Waals surface area contributed by atoms with E-state index in [-0.39, 0.29) is 23.7 Å². The summed E-state index contributed by atoms with van der Waals surface area (Å²) in [6.07, 6.45) is 2.09. The van der Waals surface area contributed by atoms with Crippen molar-refractivity contribution in [1.82, 2.24) is 5.32 Å². The lowest BCUT2D eigenvalue weighted by atomic mass is 10.1. The number of carbonyl (C=O) groups is 3. The summed E-state index contributed by atoms with van der Waals surface area (Å²) in [4.78, 5) is 35.8. The zero-order valence-corrected chi connectivity index (χ0v) is 15.2. The molecule has 0 radical (unpaired) electrons. The smallest absolute Gasteiger partial charge is 0.255 e. The fourth-order valence-electron chi connectivity index (χ4n) is 2.88. The van der Waals surface area contributed by atoms with E-state index in [4.69, 9.17) is 4.74 Å². The van der Waals surface area contributed by atoms with E-state index in [0.717, 1.165) is 19.4 Å². The van der Waals surface area contributed by atoms with Gasteiger partial charge in [0, 0.05) is 35.5 Å². The molecule has 2 aromatic carbocycles. The molecule has 1 atom stereocenters. The molecule has 3 rings (SSSR count). The van der Waals surface area contributed by atoms with E-state index in [9.17, 15) is 14.4 Å². The molecule has 140 valence electrons. The fourth-order valence-corrected chi connectivity index (χ4v) is 2.88. The molecule has 0 spiro atoms. The van der Waals surface area contributed by atoms with Gasteiger partial charge in [-0.3, -0.25) is 14.4 Å². The van der Waals surface area contributed by atoms with E-state index in [1.54, 1.807) is 48.5 Å². The molecule has 1 unspecified atom stereocenters. The molecule has 2 aromatic rings. The van der Waals surface area contributed by atoms with Crippen LogP contribution in [0.5, 0.6) is 0 Å². The molecule has 1 heterocycles. The van der Waals surface area contributed by atoms with Crippen LogP contribution in [0.25, 0.3) is 0 Å². The minimum absolute atomic E-state index is 0.0266. The van der Waals surface area contributed by atoms with Gasteiger partial charge in [0.25, 0.3) is 11.8 Å². The van der Waals surface area contributed by atoms with Crippen LogP contribution in [0.15, 0.2) is 48.5 Å². The molecular formula is C21H22N2O4. The lowest BCUT2D eigenvalue weighted by Crippen LogP contribution is -2.31. The zero-order chi connectivity index (χ0) is 19.2. The lowest BCUT2D eigenvalue weighted by Gasteiger charge is -2.11. The summed E-state index contributed by atoms with van der Waals surface area (Å²) in [6.45, 7) is 2.74. The van der Waals surface area contributed by atoms with E-state index >= 15 is 0 Å². The van der Waals surface area contributed by atoms with Crippen molar-refractivity contribution in [3.63, 3.8) is 0 Å². The number of hydrogen-bond donors (Lipinski definition) is 2. The van der Waals surface area contributed by atoms with E-state index in [2.05, 4.69) is 10.6 Å².